The molecule has 1 unspecified atom stereocenters. The lowest BCUT2D eigenvalue weighted by atomic mass is 9.87. The van der Waals surface area contributed by atoms with Crippen LogP contribution in [-0.4, -0.2) is 41.2 Å². The number of ketones is 1. The second kappa shape index (κ2) is 15.8. The van der Waals surface area contributed by atoms with E-state index in [-0.39, 0.29) is 12.4 Å². The fraction of sp³-hybridized carbons (Fsp3) is 0.484. The average molecular weight is 549 g/mol. The molecule has 1 fully saturated rings. The summed E-state index contributed by atoms with van der Waals surface area (Å²) in [5, 5.41) is 6.55. The molecule has 9 heteroatoms. The summed E-state index contributed by atoms with van der Waals surface area (Å²) >= 11 is 0. The molecule has 0 saturated heterocycles. The number of hydrogen-bond donors (Lipinski definition) is 2. The number of carbonyl (C=O) groups is 2. The van der Waals surface area contributed by atoms with Crippen molar-refractivity contribution in [2.75, 3.05) is 13.2 Å². The van der Waals surface area contributed by atoms with Crippen molar-refractivity contribution in [1.29, 1.82) is 0 Å². The average Bonchev–Trinajstić information content (AvgIpc) is 3.46. The molecule has 1 aromatic heterocycles. The fourth-order valence-electron chi connectivity index (χ4n) is 4.95. The van der Waals surface area contributed by atoms with Crippen LogP contribution in [0.1, 0.15) is 85.4 Å². The summed E-state index contributed by atoms with van der Waals surface area (Å²) in [7, 11) is 0. The quantitative estimate of drug-likeness (QED) is 0.185. The number of nitrogens with one attached hydrogen (secondary N) is 1. The number of Topliss-reactive ketones (excluding diaryl/α,β-unsaturated/α-hetero) is 1. The van der Waals surface area contributed by atoms with Gasteiger partial charge in [0.1, 0.15) is 12.4 Å². The minimum atomic E-state index is -0.842. The number of nitrogens with two attached hydrogens (primary N) is 1. The van der Waals surface area contributed by atoms with Gasteiger partial charge in [0.15, 0.2) is 0 Å². The van der Waals surface area contributed by atoms with Crippen molar-refractivity contribution in [2.45, 2.75) is 76.9 Å². The molecule has 1 aliphatic carbocycles. The lowest BCUT2D eigenvalue weighted by Crippen LogP contribution is -2.41. The minimum Gasteiger partial charge on any atom is -0.494 e. The van der Waals surface area contributed by atoms with E-state index in [9.17, 15) is 9.59 Å². The Labute approximate surface area is 235 Å². The Bertz CT molecular complexity index is 1180. The third kappa shape index (κ3) is 9.48. The van der Waals surface area contributed by atoms with Crippen LogP contribution >= 0.6 is 0 Å². The summed E-state index contributed by atoms with van der Waals surface area (Å²) in [6.07, 6.45) is 9.27. The van der Waals surface area contributed by atoms with Gasteiger partial charge in [-0.25, -0.2) is 4.79 Å². The molecule has 0 aliphatic heterocycles. The van der Waals surface area contributed by atoms with E-state index < -0.39 is 17.9 Å². The third-order valence-electron chi connectivity index (χ3n) is 7.25. The van der Waals surface area contributed by atoms with Crippen LogP contribution in [0.3, 0.4) is 0 Å². The summed E-state index contributed by atoms with van der Waals surface area (Å²) in [6, 6.07) is 16.3. The maximum Gasteiger partial charge on any atom is 0.408 e. The molecule has 214 valence electrons. The van der Waals surface area contributed by atoms with Gasteiger partial charge in [-0.3, -0.25) is 4.79 Å². The summed E-state index contributed by atoms with van der Waals surface area (Å²) in [5.41, 5.74) is 7.43. The molecule has 0 spiro atoms. The Kier molecular flexibility index (Phi) is 11.5. The Morgan fingerprint density at radius 3 is 2.52 bits per heavy atom. The van der Waals surface area contributed by atoms with E-state index in [2.05, 4.69) is 15.5 Å². The molecule has 1 saturated carbocycles. The molecule has 3 N–H and O–H groups in total. The maximum absolute atomic E-state index is 13.2. The van der Waals surface area contributed by atoms with Crippen molar-refractivity contribution in [1.82, 2.24) is 15.5 Å². The molecule has 1 amide bonds. The Balaban J connectivity index is 1.28. The number of hydrogen-bond acceptors (Lipinski definition) is 8. The maximum atomic E-state index is 13.2. The van der Waals surface area contributed by atoms with E-state index in [0.717, 1.165) is 42.2 Å². The lowest BCUT2D eigenvalue weighted by Gasteiger charge is -2.21. The summed E-state index contributed by atoms with van der Waals surface area (Å²) in [6.45, 7) is 1.34. The van der Waals surface area contributed by atoms with Gasteiger partial charge < -0.3 is 25.0 Å². The van der Waals surface area contributed by atoms with Crippen LogP contribution in [0.25, 0.3) is 0 Å². The zero-order valence-corrected chi connectivity index (χ0v) is 23.1. The van der Waals surface area contributed by atoms with Crippen molar-refractivity contribution >= 4 is 11.9 Å². The van der Waals surface area contributed by atoms with Crippen molar-refractivity contribution < 1.29 is 23.6 Å². The van der Waals surface area contributed by atoms with Gasteiger partial charge in [-0.2, -0.15) is 4.98 Å². The second-order valence-electron chi connectivity index (χ2n) is 10.4. The number of alkyl carbamates (subject to hydrolysis) is 1. The van der Waals surface area contributed by atoms with Crippen LogP contribution in [0.2, 0.25) is 0 Å². The lowest BCUT2D eigenvalue weighted by molar-refractivity contribution is 0.0896. The van der Waals surface area contributed by atoms with Crippen molar-refractivity contribution in [3.63, 3.8) is 0 Å². The highest BCUT2D eigenvalue weighted by atomic mass is 16.5. The van der Waals surface area contributed by atoms with E-state index in [4.69, 9.17) is 19.7 Å². The molecular formula is C31H40N4O5. The first kappa shape index (κ1) is 29.3. The van der Waals surface area contributed by atoms with E-state index in [1.165, 1.54) is 32.1 Å². The fourth-order valence-corrected chi connectivity index (χ4v) is 4.95. The smallest absolute Gasteiger partial charge is 0.408 e. The molecule has 0 radical (unpaired) electrons. The van der Waals surface area contributed by atoms with Crippen LogP contribution in [0, 0.1) is 5.92 Å². The molecule has 1 atom stereocenters. The van der Waals surface area contributed by atoms with Gasteiger partial charge in [-0.1, -0.05) is 79.7 Å². The van der Waals surface area contributed by atoms with Gasteiger partial charge in [-0.05, 0) is 61.4 Å². The van der Waals surface area contributed by atoms with Crippen molar-refractivity contribution in [3.05, 3.63) is 77.4 Å². The zero-order valence-electron chi connectivity index (χ0n) is 23.1. The van der Waals surface area contributed by atoms with E-state index in [0.29, 0.717) is 31.7 Å². The summed E-state index contributed by atoms with van der Waals surface area (Å²) in [5.74, 6) is 1.45. The number of carbonyl (C=O) groups excluding carboxylic acids is 2. The second-order valence-corrected chi connectivity index (χ2v) is 10.4. The molecule has 40 heavy (non-hydrogen) atoms. The van der Waals surface area contributed by atoms with Gasteiger partial charge in [-0.15, -0.1) is 0 Å². The molecule has 9 nitrogen and oxygen atoms in total. The van der Waals surface area contributed by atoms with Gasteiger partial charge >= 0.3 is 6.09 Å². The number of benzene rings is 2. The largest absolute Gasteiger partial charge is 0.494 e. The molecule has 1 heterocycles. The summed E-state index contributed by atoms with van der Waals surface area (Å²) < 4.78 is 16.6. The normalized spacial score (nSPS) is 14.4. The third-order valence-corrected chi connectivity index (χ3v) is 7.25. The first-order valence-corrected chi connectivity index (χ1v) is 14.4. The van der Waals surface area contributed by atoms with Gasteiger partial charge in [0, 0.05) is 0 Å². The molecule has 3 aromatic rings. The van der Waals surface area contributed by atoms with E-state index in [1.54, 1.807) is 0 Å². The number of rotatable bonds is 15. The monoisotopic (exact) mass is 548 g/mol. The Morgan fingerprint density at radius 2 is 1.77 bits per heavy atom. The topological polar surface area (TPSA) is 130 Å². The van der Waals surface area contributed by atoms with Gasteiger partial charge in [0.05, 0.1) is 19.1 Å². The van der Waals surface area contributed by atoms with Crippen LogP contribution in [-0.2, 0) is 17.8 Å². The van der Waals surface area contributed by atoms with Crippen LogP contribution in [0.15, 0.2) is 59.1 Å². The molecule has 4 rings (SSSR count). The first-order chi connectivity index (χ1) is 19.6. The number of unbranched alkanes of at least 4 members (excludes halogenated alkanes) is 1. The SMILES string of the molecule is NCCCCC(NC(=O)OCc1ccccc1)C(=O)c1noc(Cc2ccc(OCCC3CCCCC3)cc2)n1. The van der Waals surface area contributed by atoms with Crippen molar-refractivity contribution in [3.8, 4) is 5.75 Å². The highest BCUT2D eigenvalue weighted by Gasteiger charge is 2.27. The molecule has 0 bridgehead atoms. The molecule has 1 aliphatic rings. The van der Waals surface area contributed by atoms with E-state index >= 15 is 0 Å². The summed E-state index contributed by atoms with van der Waals surface area (Å²) in [4.78, 5) is 29.9. The zero-order chi connectivity index (χ0) is 28.0. The number of ether oxygens (including phenoxy) is 2. The van der Waals surface area contributed by atoms with Crippen molar-refractivity contribution in [2.24, 2.45) is 11.7 Å². The van der Waals surface area contributed by atoms with E-state index in [1.807, 2.05) is 54.6 Å². The Morgan fingerprint density at radius 1 is 1.00 bits per heavy atom. The molecular weight excluding hydrogens is 508 g/mol. The van der Waals surface area contributed by atoms with Gasteiger partial charge in [0.25, 0.3) is 0 Å². The number of nitrogens with zero attached hydrogens (tertiary/aromatic N) is 2. The number of amides is 1. The highest BCUT2D eigenvalue weighted by Crippen LogP contribution is 2.26. The predicted molar refractivity (Wildman–Crippen MR) is 151 cm³/mol. The van der Waals surface area contributed by atoms with Crippen LogP contribution in [0.4, 0.5) is 4.79 Å². The molecule has 2 aromatic carbocycles. The standard InChI is InChI=1S/C31H40N4O5/c32-19-8-7-13-27(33-31(37)39-22-25-11-5-2-6-12-25)29(36)30-34-28(40-35-30)21-24-14-16-26(17-15-24)38-20-18-23-9-3-1-4-10-23/h2,5-6,11-12,14-17,23,27H,1,3-4,7-10,13,18-22,32H2,(H,33,37). The predicted octanol–water partition coefficient (Wildman–Crippen LogP) is 5.62. The highest BCUT2D eigenvalue weighted by molar-refractivity contribution is 5.98. The minimum absolute atomic E-state index is 0.0706. The van der Waals surface area contributed by atoms with Crippen LogP contribution in [0.5, 0.6) is 5.75 Å². The number of aromatic nitrogens is 2. The first-order valence-electron chi connectivity index (χ1n) is 14.4. The van der Waals surface area contributed by atoms with Crippen LogP contribution < -0.4 is 15.8 Å². The Hall–Kier alpha value is -3.72. The van der Waals surface area contributed by atoms with Gasteiger partial charge in [0.2, 0.25) is 17.5 Å².